The summed E-state index contributed by atoms with van der Waals surface area (Å²) in [6.07, 6.45) is -0.498. The highest BCUT2D eigenvalue weighted by atomic mass is 16.3. The molecule has 1 aromatic carbocycles. The lowest BCUT2D eigenvalue weighted by atomic mass is 10.1. The number of phenolic OH excluding ortho intramolecular Hbond substituents is 1. The van der Waals surface area contributed by atoms with Crippen molar-refractivity contribution in [3.8, 4) is 5.75 Å². The molecule has 0 aliphatic rings. The molecule has 0 saturated carbocycles. The number of aliphatic hydroxyl groups is 1. The maximum atomic E-state index is 9.50. The number of hydrogen-bond donors (Lipinski definition) is 3. The monoisotopic (exact) mass is 168 g/mol. The van der Waals surface area contributed by atoms with E-state index in [0.29, 0.717) is 6.54 Å². The summed E-state index contributed by atoms with van der Waals surface area (Å²) < 4.78 is 0. The molecule has 1 rings (SSSR count). The number of rotatable bonds is 3. The predicted molar refractivity (Wildman–Crippen MR) is 45.8 cm³/mol. The van der Waals surface area contributed by atoms with Crippen molar-refractivity contribution in [1.29, 1.82) is 0 Å². The smallest absolute Gasteiger partial charge is 0.128 e. The van der Waals surface area contributed by atoms with E-state index in [0.717, 1.165) is 5.56 Å². The molecule has 0 heterocycles. The van der Waals surface area contributed by atoms with Gasteiger partial charge in [-0.3, -0.25) is 0 Å². The molecule has 0 fully saturated rings. The molecule has 0 aliphatic carbocycles. The number of nitrogens with two attached hydrogens (primary N) is 1. The van der Waals surface area contributed by atoms with E-state index in [4.69, 9.17) is 5.11 Å². The van der Waals surface area contributed by atoms with Crippen LogP contribution in [0.1, 0.15) is 11.7 Å². The number of likely N-dealkylation sites (N-methyl/N-ethyl adjacent to an activating group) is 1. The highest BCUT2D eigenvalue weighted by Gasteiger charge is 2.07. The first-order valence-electron chi connectivity index (χ1n) is 3.99. The molecule has 4 N–H and O–H groups in total. The molecule has 12 heavy (non-hydrogen) atoms. The zero-order chi connectivity index (χ0) is 8.97. The van der Waals surface area contributed by atoms with Gasteiger partial charge in [0.05, 0.1) is 7.05 Å². The largest absolute Gasteiger partial charge is 0.508 e. The van der Waals surface area contributed by atoms with Gasteiger partial charge in [-0.05, 0) is 17.7 Å². The Morgan fingerprint density at radius 2 is 2.25 bits per heavy atom. The highest BCUT2D eigenvalue weighted by molar-refractivity contribution is 5.28. The Morgan fingerprint density at radius 1 is 1.50 bits per heavy atom. The Morgan fingerprint density at radius 3 is 2.83 bits per heavy atom. The molecule has 1 unspecified atom stereocenters. The summed E-state index contributed by atoms with van der Waals surface area (Å²) in [7, 11) is 1.89. The standard InChI is InChI=1S/C9H13NO2/c1-10-6-9(12)7-3-2-4-8(11)5-7/h2-5,9-12H,6H2,1H3/p+1. The summed E-state index contributed by atoms with van der Waals surface area (Å²) in [6, 6.07) is 6.69. The molecule has 0 spiro atoms. The van der Waals surface area contributed by atoms with Crippen molar-refractivity contribution in [2.24, 2.45) is 0 Å². The van der Waals surface area contributed by atoms with Gasteiger partial charge in [0, 0.05) is 0 Å². The zero-order valence-electron chi connectivity index (χ0n) is 7.07. The summed E-state index contributed by atoms with van der Waals surface area (Å²) in [5.74, 6) is 0.197. The Labute approximate surface area is 71.7 Å². The molecule has 66 valence electrons. The summed E-state index contributed by atoms with van der Waals surface area (Å²) in [5, 5.41) is 20.5. The van der Waals surface area contributed by atoms with E-state index in [-0.39, 0.29) is 5.75 Å². The lowest BCUT2D eigenvalue weighted by Gasteiger charge is -2.07. The average molecular weight is 168 g/mol. The zero-order valence-corrected chi connectivity index (χ0v) is 7.07. The van der Waals surface area contributed by atoms with Gasteiger partial charge >= 0.3 is 0 Å². The van der Waals surface area contributed by atoms with Gasteiger partial charge in [-0.15, -0.1) is 0 Å². The minimum Gasteiger partial charge on any atom is -0.508 e. The molecule has 0 saturated heterocycles. The maximum Gasteiger partial charge on any atom is 0.128 e. The van der Waals surface area contributed by atoms with Crippen LogP contribution in [0.15, 0.2) is 24.3 Å². The third kappa shape index (κ3) is 2.22. The van der Waals surface area contributed by atoms with Gasteiger partial charge in [0.2, 0.25) is 0 Å². The first-order valence-corrected chi connectivity index (χ1v) is 3.99. The van der Waals surface area contributed by atoms with Crippen molar-refractivity contribution < 1.29 is 15.5 Å². The quantitative estimate of drug-likeness (QED) is 0.576. The summed E-state index contributed by atoms with van der Waals surface area (Å²) in [5.41, 5.74) is 0.758. The number of aliphatic hydroxyl groups excluding tert-OH is 1. The Kier molecular flexibility index (Phi) is 3.08. The van der Waals surface area contributed by atoms with E-state index in [2.05, 4.69) is 0 Å². The van der Waals surface area contributed by atoms with E-state index < -0.39 is 6.10 Å². The number of benzene rings is 1. The van der Waals surface area contributed by atoms with Crippen LogP contribution in [-0.2, 0) is 0 Å². The minimum absolute atomic E-state index is 0.197. The molecule has 3 heteroatoms. The van der Waals surface area contributed by atoms with Crippen LogP contribution in [0.5, 0.6) is 5.75 Å². The second-order valence-electron chi connectivity index (χ2n) is 2.75. The molecule has 0 aliphatic heterocycles. The van der Waals surface area contributed by atoms with Gasteiger partial charge < -0.3 is 15.5 Å². The third-order valence-corrected chi connectivity index (χ3v) is 1.71. The molecular weight excluding hydrogens is 154 g/mol. The molecule has 0 bridgehead atoms. The number of phenols is 1. The molecule has 1 aromatic rings. The van der Waals surface area contributed by atoms with Crippen LogP contribution in [0.4, 0.5) is 0 Å². The fourth-order valence-corrected chi connectivity index (χ4v) is 1.09. The second-order valence-corrected chi connectivity index (χ2v) is 2.75. The van der Waals surface area contributed by atoms with Gasteiger partial charge in [0.1, 0.15) is 18.4 Å². The van der Waals surface area contributed by atoms with Crippen LogP contribution in [-0.4, -0.2) is 23.8 Å². The van der Waals surface area contributed by atoms with Crippen molar-refractivity contribution in [2.45, 2.75) is 6.10 Å². The molecule has 1 atom stereocenters. The van der Waals surface area contributed by atoms with Crippen molar-refractivity contribution >= 4 is 0 Å². The van der Waals surface area contributed by atoms with Crippen LogP contribution >= 0.6 is 0 Å². The minimum atomic E-state index is -0.498. The second kappa shape index (κ2) is 4.09. The van der Waals surface area contributed by atoms with Crippen LogP contribution in [0, 0.1) is 0 Å². The van der Waals surface area contributed by atoms with Crippen LogP contribution in [0.25, 0.3) is 0 Å². The van der Waals surface area contributed by atoms with E-state index in [1.54, 1.807) is 24.3 Å². The third-order valence-electron chi connectivity index (χ3n) is 1.71. The molecule has 3 nitrogen and oxygen atoms in total. The Balaban J connectivity index is 2.73. The normalized spacial score (nSPS) is 12.8. The topological polar surface area (TPSA) is 57.1 Å². The fourth-order valence-electron chi connectivity index (χ4n) is 1.09. The van der Waals surface area contributed by atoms with Crippen LogP contribution in [0.3, 0.4) is 0 Å². The van der Waals surface area contributed by atoms with Crippen molar-refractivity contribution in [1.82, 2.24) is 0 Å². The van der Waals surface area contributed by atoms with Gasteiger partial charge in [0.15, 0.2) is 0 Å². The average Bonchev–Trinajstić information content (AvgIpc) is 2.05. The van der Waals surface area contributed by atoms with Gasteiger partial charge in [-0.25, -0.2) is 0 Å². The molecule has 0 amide bonds. The molecule has 0 aromatic heterocycles. The van der Waals surface area contributed by atoms with Crippen molar-refractivity contribution in [2.75, 3.05) is 13.6 Å². The van der Waals surface area contributed by atoms with E-state index in [1.807, 2.05) is 12.4 Å². The fraction of sp³-hybridized carbons (Fsp3) is 0.333. The van der Waals surface area contributed by atoms with E-state index in [9.17, 15) is 5.11 Å². The predicted octanol–water partition coefficient (Wildman–Crippen LogP) is -0.381. The number of quaternary nitrogens is 1. The summed E-state index contributed by atoms with van der Waals surface area (Å²) >= 11 is 0. The highest BCUT2D eigenvalue weighted by Crippen LogP contribution is 2.16. The summed E-state index contributed by atoms with van der Waals surface area (Å²) in [4.78, 5) is 0. The lowest BCUT2D eigenvalue weighted by molar-refractivity contribution is -0.634. The van der Waals surface area contributed by atoms with Crippen LogP contribution < -0.4 is 5.32 Å². The van der Waals surface area contributed by atoms with E-state index in [1.165, 1.54) is 0 Å². The SMILES string of the molecule is C[NH2+]CC(O)c1cccc(O)c1. The van der Waals surface area contributed by atoms with Crippen LogP contribution in [0.2, 0.25) is 0 Å². The van der Waals surface area contributed by atoms with Crippen molar-refractivity contribution in [3.63, 3.8) is 0 Å². The lowest BCUT2D eigenvalue weighted by Crippen LogP contribution is -2.80. The van der Waals surface area contributed by atoms with Gasteiger partial charge in [-0.2, -0.15) is 0 Å². The summed E-state index contributed by atoms with van der Waals surface area (Å²) in [6.45, 7) is 0.615. The first-order chi connectivity index (χ1) is 5.74. The van der Waals surface area contributed by atoms with Gasteiger partial charge in [0.25, 0.3) is 0 Å². The Hall–Kier alpha value is -1.06. The Bertz CT molecular complexity index is 250. The number of aromatic hydroxyl groups is 1. The van der Waals surface area contributed by atoms with Crippen molar-refractivity contribution in [3.05, 3.63) is 29.8 Å². The number of hydrogen-bond acceptors (Lipinski definition) is 2. The van der Waals surface area contributed by atoms with Gasteiger partial charge in [-0.1, -0.05) is 12.1 Å². The first kappa shape index (κ1) is 9.03. The molecule has 0 radical (unpaired) electrons. The molecular formula is C9H14NO2+. The maximum absolute atomic E-state index is 9.50. The van der Waals surface area contributed by atoms with E-state index >= 15 is 0 Å².